The topological polar surface area (TPSA) is 55.4 Å². The molecule has 4 nitrogen and oxygen atoms in total. The summed E-state index contributed by atoms with van der Waals surface area (Å²) in [5, 5.41) is 0. The fourth-order valence-corrected chi connectivity index (χ4v) is 5.29. The zero-order chi connectivity index (χ0) is 19.5. The Bertz CT molecular complexity index is 835. The lowest BCUT2D eigenvalue weighted by atomic mass is 9.79. The molecule has 0 radical (unpaired) electrons. The molecule has 2 rings (SSSR count). The predicted molar refractivity (Wildman–Crippen MR) is 106 cm³/mol. The van der Waals surface area contributed by atoms with Crippen LogP contribution in [0.25, 0.3) is 0 Å². The van der Waals surface area contributed by atoms with Crippen LogP contribution in [0.4, 0.5) is 0 Å². The molecule has 0 heterocycles. The van der Waals surface area contributed by atoms with Crippen molar-refractivity contribution in [1.29, 1.82) is 0 Å². The molecule has 0 bridgehead atoms. The number of rotatable bonds is 7. The standard InChI is InChI=1S/C21H29NO3S/c1-15-12-19(25-6)13-16(2)20(15)26(23,24)22-17(3)14-21(4,5)18-10-8-7-9-11-18/h7-13,17,22H,14H2,1-6H3/t17-/m1/s1. The average Bonchev–Trinajstić information content (AvgIpc) is 2.53. The molecule has 2 aromatic rings. The van der Waals surface area contributed by atoms with Gasteiger partial charge in [0.2, 0.25) is 10.0 Å². The van der Waals surface area contributed by atoms with Gasteiger partial charge in [-0.2, -0.15) is 0 Å². The Balaban J connectivity index is 2.22. The van der Waals surface area contributed by atoms with Gasteiger partial charge in [0.15, 0.2) is 0 Å². The van der Waals surface area contributed by atoms with Gasteiger partial charge < -0.3 is 4.74 Å². The summed E-state index contributed by atoms with van der Waals surface area (Å²) in [7, 11) is -2.03. The van der Waals surface area contributed by atoms with Crippen LogP contribution in [0.3, 0.4) is 0 Å². The predicted octanol–water partition coefficient (Wildman–Crippen LogP) is 4.35. The van der Waals surface area contributed by atoms with E-state index in [1.54, 1.807) is 33.1 Å². The van der Waals surface area contributed by atoms with Crippen molar-refractivity contribution in [1.82, 2.24) is 4.72 Å². The molecule has 0 fully saturated rings. The molecule has 0 saturated heterocycles. The van der Waals surface area contributed by atoms with Gasteiger partial charge in [-0.15, -0.1) is 0 Å². The lowest BCUT2D eigenvalue weighted by Crippen LogP contribution is -2.37. The second-order valence-electron chi connectivity index (χ2n) is 7.57. The summed E-state index contributed by atoms with van der Waals surface area (Å²) in [6.07, 6.45) is 0.699. The van der Waals surface area contributed by atoms with Crippen LogP contribution in [-0.2, 0) is 15.4 Å². The van der Waals surface area contributed by atoms with Crippen LogP contribution in [0.15, 0.2) is 47.4 Å². The molecular weight excluding hydrogens is 346 g/mol. The molecule has 0 aromatic heterocycles. The van der Waals surface area contributed by atoms with Crippen molar-refractivity contribution in [2.24, 2.45) is 0 Å². The minimum absolute atomic E-state index is 0.132. The van der Waals surface area contributed by atoms with E-state index in [4.69, 9.17) is 4.74 Å². The van der Waals surface area contributed by atoms with Crippen LogP contribution in [0.1, 0.15) is 43.9 Å². The van der Waals surface area contributed by atoms with Gasteiger partial charge in [0.05, 0.1) is 12.0 Å². The molecular formula is C21H29NO3S. The van der Waals surface area contributed by atoms with Crippen LogP contribution in [0.5, 0.6) is 5.75 Å². The van der Waals surface area contributed by atoms with Gasteiger partial charge in [-0.25, -0.2) is 13.1 Å². The van der Waals surface area contributed by atoms with Gasteiger partial charge in [-0.1, -0.05) is 44.2 Å². The molecule has 0 saturated carbocycles. The Morgan fingerprint density at radius 2 is 1.62 bits per heavy atom. The summed E-state index contributed by atoms with van der Waals surface area (Å²) in [5.41, 5.74) is 2.43. The minimum Gasteiger partial charge on any atom is -0.497 e. The number of nitrogens with one attached hydrogen (secondary N) is 1. The van der Waals surface area contributed by atoms with Crippen molar-refractivity contribution >= 4 is 10.0 Å². The second-order valence-corrected chi connectivity index (χ2v) is 9.22. The Hall–Kier alpha value is -1.85. The number of ether oxygens (including phenoxy) is 1. The summed E-state index contributed by atoms with van der Waals surface area (Å²) in [5.74, 6) is 0.664. The van der Waals surface area contributed by atoms with Crippen LogP contribution in [0, 0.1) is 13.8 Å². The molecule has 0 aliphatic rings. The molecule has 1 N–H and O–H groups in total. The maximum absolute atomic E-state index is 13.0. The fraction of sp³-hybridized carbons (Fsp3) is 0.429. The Morgan fingerprint density at radius 1 is 1.08 bits per heavy atom. The molecule has 5 heteroatoms. The zero-order valence-corrected chi connectivity index (χ0v) is 17.3. The third-order valence-electron chi connectivity index (χ3n) is 4.67. The highest BCUT2D eigenvalue weighted by atomic mass is 32.2. The molecule has 1 atom stereocenters. The Labute approximate surface area is 157 Å². The van der Waals surface area contributed by atoms with Crippen LogP contribution in [-0.4, -0.2) is 21.6 Å². The largest absolute Gasteiger partial charge is 0.497 e. The number of hydrogen-bond acceptors (Lipinski definition) is 3. The van der Waals surface area contributed by atoms with Gasteiger partial charge in [0, 0.05) is 6.04 Å². The molecule has 0 unspecified atom stereocenters. The first-order valence-electron chi connectivity index (χ1n) is 8.80. The molecule has 0 aliphatic heterocycles. The van der Waals surface area contributed by atoms with Crippen molar-refractivity contribution in [3.8, 4) is 5.75 Å². The zero-order valence-electron chi connectivity index (χ0n) is 16.5. The third-order valence-corrected chi connectivity index (χ3v) is 6.56. The fourth-order valence-electron chi connectivity index (χ4n) is 3.59. The molecule has 142 valence electrons. The van der Waals surface area contributed by atoms with Crippen molar-refractivity contribution in [2.75, 3.05) is 7.11 Å². The van der Waals surface area contributed by atoms with E-state index in [-0.39, 0.29) is 11.5 Å². The van der Waals surface area contributed by atoms with E-state index in [1.165, 1.54) is 5.56 Å². The lowest BCUT2D eigenvalue weighted by Gasteiger charge is -2.29. The Morgan fingerprint density at radius 3 is 2.12 bits per heavy atom. The molecule has 26 heavy (non-hydrogen) atoms. The Kier molecular flexibility index (Phi) is 6.14. The first-order valence-corrected chi connectivity index (χ1v) is 10.3. The maximum atomic E-state index is 13.0. The number of hydrogen-bond donors (Lipinski definition) is 1. The van der Waals surface area contributed by atoms with Crippen LogP contribution in [0.2, 0.25) is 0 Å². The first kappa shape index (κ1) is 20.5. The monoisotopic (exact) mass is 375 g/mol. The SMILES string of the molecule is COc1cc(C)c(S(=O)(=O)N[C@H](C)CC(C)(C)c2ccccc2)c(C)c1. The minimum atomic E-state index is -3.61. The smallest absolute Gasteiger partial charge is 0.241 e. The van der Waals surface area contributed by atoms with Crippen molar-refractivity contribution in [2.45, 2.75) is 57.4 Å². The summed E-state index contributed by atoms with van der Waals surface area (Å²) in [4.78, 5) is 0.336. The average molecular weight is 376 g/mol. The van der Waals surface area contributed by atoms with E-state index in [0.717, 1.165) is 0 Å². The highest BCUT2D eigenvalue weighted by Gasteiger charge is 2.27. The number of methoxy groups -OCH3 is 1. The second kappa shape index (κ2) is 7.80. The van der Waals surface area contributed by atoms with Crippen molar-refractivity contribution < 1.29 is 13.2 Å². The van der Waals surface area contributed by atoms with Gasteiger partial charge in [-0.3, -0.25) is 0 Å². The van der Waals surface area contributed by atoms with Crippen molar-refractivity contribution in [3.63, 3.8) is 0 Å². The number of aryl methyl sites for hydroxylation is 2. The summed E-state index contributed by atoms with van der Waals surface area (Å²) >= 11 is 0. The molecule has 0 aliphatic carbocycles. The lowest BCUT2D eigenvalue weighted by molar-refractivity contribution is 0.413. The van der Waals surface area contributed by atoms with E-state index in [0.29, 0.717) is 28.2 Å². The molecule has 2 aromatic carbocycles. The molecule has 0 spiro atoms. The van der Waals surface area contributed by atoms with Crippen LogP contribution < -0.4 is 9.46 Å². The summed E-state index contributed by atoms with van der Waals surface area (Å²) in [6, 6.07) is 13.5. The quantitative estimate of drug-likeness (QED) is 0.783. The van der Waals surface area contributed by atoms with E-state index >= 15 is 0 Å². The number of sulfonamides is 1. The van der Waals surface area contributed by atoms with Crippen molar-refractivity contribution in [3.05, 3.63) is 59.2 Å². The highest BCUT2D eigenvalue weighted by molar-refractivity contribution is 7.89. The van der Waals surface area contributed by atoms with Gasteiger partial charge in [-0.05, 0) is 61.4 Å². The van der Waals surface area contributed by atoms with E-state index in [1.807, 2.05) is 25.1 Å². The first-order chi connectivity index (χ1) is 12.1. The van der Waals surface area contributed by atoms with E-state index < -0.39 is 10.0 Å². The number of benzene rings is 2. The normalized spacial score (nSPS) is 13.5. The van der Waals surface area contributed by atoms with E-state index in [2.05, 4.69) is 30.7 Å². The maximum Gasteiger partial charge on any atom is 0.241 e. The third kappa shape index (κ3) is 4.65. The molecule has 0 amide bonds. The van der Waals surface area contributed by atoms with Crippen LogP contribution >= 0.6 is 0 Å². The summed E-state index contributed by atoms with van der Waals surface area (Å²) in [6.45, 7) is 9.77. The summed E-state index contributed by atoms with van der Waals surface area (Å²) < 4.78 is 34.0. The van der Waals surface area contributed by atoms with Gasteiger partial charge in [0.1, 0.15) is 5.75 Å². The van der Waals surface area contributed by atoms with Gasteiger partial charge in [0.25, 0.3) is 0 Å². The van der Waals surface area contributed by atoms with Gasteiger partial charge >= 0.3 is 0 Å². The van der Waals surface area contributed by atoms with E-state index in [9.17, 15) is 8.42 Å². The highest BCUT2D eigenvalue weighted by Crippen LogP contribution is 2.30.